The Hall–Kier alpha value is -1.13. The number of hydrogen-bond acceptors (Lipinski definition) is 3. The molecule has 0 aromatic rings. The van der Waals surface area contributed by atoms with Crippen molar-refractivity contribution in [3.05, 3.63) is 0 Å². The van der Waals surface area contributed by atoms with Gasteiger partial charge in [-0.15, -0.1) is 0 Å². The van der Waals surface area contributed by atoms with E-state index in [9.17, 15) is 0 Å². The molecule has 0 N–H and O–H groups in total. The lowest BCUT2D eigenvalue weighted by Gasteiger charge is -2.07. The third-order valence-corrected chi connectivity index (χ3v) is 1.43. The van der Waals surface area contributed by atoms with E-state index in [1.165, 1.54) is 0 Å². The molecule has 0 spiro atoms. The van der Waals surface area contributed by atoms with Crippen LogP contribution >= 0.6 is 0 Å². The Morgan fingerprint density at radius 2 is 1.75 bits per heavy atom. The second-order valence-corrected chi connectivity index (χ2v) is 2.95. The zero-order chi connectivity index (χ0) is 9.98. The molecule has 0 bridgehead atoms. The Morgan fingerprint density at radius 1 is 1.33 bits per heavy atom. The fourth-order valence-electron chi connectivity index (χ4n) is 0.880. The average molecular weight is 169 g/mol. The lowest BCUT2D eigenvalue weighted by Crippen LogP contribution is -1.99. The molecule has 0 rings (SSSR count). The fourth-order valence-corrected chi connectivity index (χ4v) is 0.880. The number of carbonyl (C=O) groups excluding carboxylic acids is 2. The molecule has 0 unspecified atom stereocenters. The van der Waals surface area contributed by atoms with Crippen LogP contribution in [0.2, 0.25) is 0 Å². The molecule has 0 saturated carbocycles. The molecule has 0 aliphatic rings. The summed E-state index contributed by atoms with van der Waals surface area (Å²) in [6, 6.07) is 2.28. The van der Waals surface area contributed by atoms with Gasteiger partial charge in [-0.2, -0.15) is 14.9 Å². The topological polar surface area (TPSA) is 57.9 Å². The lowest BCUT2D eigenvalue weighted by atomic mass is 9.96. The van der Waals surface area contributed by atoms with Crippen molar-refractivity contribution in [2.45, 2.75) is 33.6 Å². The largest absolute Gasteiger partial charge is 0.373 e. The summed E-state index contributed by atoms with van der Waals surface area (Å²) in [6.07, 6.45) is 2.29. The van der Waals surface area contributed by atoms with Crippen LogP contribution < -0.4 is 0 Å². The van der Waals surface area contributed by atoms with E-state index in [-0.39, 0.29) is 12.1 Å². The Morgan fingerprint density at radius 3 is 1.83 bits per heavy atom. The predicted octanol–water partition coefficient (Wildman–Crippen LogP) is 2.00. The summed E-state index contributed by atoms with van der Waals surface area (Å²) in [4.78, 5) is 16.2. The molecule has 3 nitrogen and oxygen atoms in total. The minimum absolute atomic E-state index is 0.250. The summed E-state index contributed by atoms with van der Waals surface area (Å²) in [5, 5.41) is 8.52. The molecule has 0 aromatic heterocycles. The van der Waals surface area contributed by atoms with Crippen molar-refractivity contribution >= 4 is 6.15 Å². The van der Waals surface area contributed by atoms with Crippen molar-refractivity contribution in [1.29, 1.82) is 5.26 Å². The van der Waals surface area contributed by atoms with Gasteiger partial charge >= 0.3 is 6.15 Å². The molecule has 0 aliphatic carbocycles. The van der Waals surface area contributed by atoms with Gasteiger partial charge < -0.3 is 0 Å². The van der Waals surface area contributed by atoms with Gasteiger partial charge in [0.2, 0.25) is 0 Å². The van der Waals surface area contributed by atoms with Gasteiger partial charge in [-0.05, 0) is 18.8 Å². The van der Waals surface area contributed by atoms with Gasteiger partial charge in [-0.1, -0.05) is 20.8 Å². The minimum Gasteiger partial charge on any atom is -0.198 e. The Labute approximate surface area is 73.4 Å². The standard InChI is InChI=1S/C8H15N.CO2/c1-4-8(6-9)5-7(2)3;2-1-3/h7-8H,4-5H2,1-3H3;/t8-;/m1./s1. The maximum atomic E-state index is 8.52. The quantitative estimate of drug-likeness (QED) is 0.649. The van der Waals surface area contributed by atoms with E-state index >= 15 is 0 Å². The number of nitrogens with zero attached hydrogens (tertiary/aromatic N) is 1. The average Bonchev–Trinajstić information content (AvgIpc) is 2.01. The molecule has 0 saturated heterocycles. The second kappa shape index (κ2) is 9.87. The molecule has 0 aliphatic heterocycles. The number of nitriles is 1. The summed E-state index contributed by atoms with van der Waals surface area (Å²) in [7, 11) is 0. The first-order valence-electron chi connectivity index (χ1n) is 4.01. The highest BCUT2D eigenvalue weighted by Gasteiger charge is 2.05. The molecule has 12 heavy (non-hydrogen) atoms. The van der Waals surface area contributed by atoms with Crippen LogP contribution in [0.5, 0.6) is 0 Å². The van der Waals surface area contributed by atoms with Crippen LogP contribution in [0.1, 0.15) is 33.6 Å². The predicted molar refractivity (Wildman–Crippen MR) is 43.9 cm³/mol. The van der Waals surface area contributed by atoms with Crippen molar-refractivity contribution in [3.8, 4) is 6.07 Å². The summed E-state index contributed by atoms with van der Waals surface area (Å²) in [5.74, 6) is 0.944. The van der Waals surface area contributed by atoms with E-state index in [0.29, 0.717) is 5.92 Å². The molecule has 0 radical (unpaired) electrons. The van der Waals surface area contributed by atoms with Gasteiger partial charge in [0.25, 0.3) is 0 Å². The van der Waals surface area contributed by atoms with Crippen molar-refractivity contribution in [3.63, 3.8) is 0 Å². The zero-order valence-electron chi connectivity index (χ0n) is 7.83. The van der Waals surface area contributed by atoms with Crippen LogP contribution in [0.3, 0.4) is 0 Å². The Bertz CT molecular complexity index is 164. The van der Waals surface area contributed by atoms with Crippen LogP contribution in [-0.4, -0.2) is 6.15 Å². The lowest BCUT2D eigenvalue weighted by molar-refractivity contribution is -0.191. The molecule has 1 atom stereocenters. The van der Waals surface area contributed by atoms with Crippen molar-refractivity contribution in [1.82, 2.24) is 0 Å². The van der Waals surface area contributed by atoms with Gasteiger partial charge in [-0.3, -0.25) is 0 Å². The van der Waals surface area contributed by atoms with Crippen molar-refractivity contribution in [2.75, 3.05) is 0 Å². The van der Waals surface area contributed by atoms with Crippen LogP contribution in [0.4, 0.5) is 0 Å². The van der Waals surface area contributed by atoms with E-state index in [1.807, 2.05) is 0 Å². The maximum Gasteiger partial charge on any atom is 0.373 e. The van der Waals surface area contributed by atoms with Gasteiger partial charge in [-0.25, -0.2) is 0 Å². The summed E-state index contributed by atoms with van der Waals surface area (Å²) in [5.41, 5.74) is 0. The monoisotopic (exact) mass is 169 g/mol. The summed E-state index contributed by atoms with van der Waals surface area (Å²) < 4.78 is 0. The van der Waals surface area contributed by atoms with Crippen LogP contribution in [-0.2, 0) is 9.59 Å². The second-order valence-electron chi connectivity index (χ2n) is 2.95. The van der Waals surface area contributed by atoms with Crippen LogP contribution in [0, 0.1) is 23.2 Å². The van der Waals surface area contributed by atoms with Gasteiger partial charge in [0.05, 0.1) is 6.07 Å². The third-order valence-electron chi connectivity index (χ3n) is 1.43. The first kappa shape index (κ1) is 13.5. The Kier molecular flexibility index (Phi) is 11.1. The first-order valence-corrected chi connectivity index (χ1v) is 4.01. The van der Waals surface area contributed by atoms with E-state index in [0.717, 1.165) is 12.8 Å². The Balaban J connectivity index is 0. The van der Waals surface area contributed by atoms with E-state index in [4.69, 9.17) is 14.9 Å². The maximum absolute atomic E-state index is 8.52. The number of hydrogen-bond donors (Lipinski definition) is 0. The molecule has 3 heteroatoms. The zero-order valence-corrected chi connectivity index (χ0v) is 7.83. The van der Waals surface area contributed by atoms with E-state index < -0.39 is 0 Å². The number of rotatable bonds is 3. The molecule has 0 amide bonds. The molecule has 0 heterocycles. The van der Waals surface area contributed by atoms with Crippen molar-refractivity contribution in [2.24, 2.45) is 11.8 Å². The minimum atomic E-state index is 0.250. The highest BCUT2D eigenvalue weighted by Crippen LogP contribution is 2.12. The fraction of sp³-hybridized carbons (Fsp3) is 0.778. The molecule has 0 aromatic carbocycles. The van der Waals surface area contributed by atoms with E-state index in [1.54, 1.807) is 0 Å². The summed E-state index contributed by atoms with van der Waals surface area (Å²) >= 11 is 0. The SMILES string of the molecule is CC[C@@H](C#N)CC(C)C.O=C=O. The van der Waals surface area contributed by atoms with Crippen molar-refractivity contribution < 1.29 is 9.59 Å². The molecule has 68 valence electrons. The van der Waals surface area contributed by atoms with Crippen LogP contribution in [0.25, 0.3) is 0 Å². The van der Waals surface area contributed by atoms with E-state index in [2.05, 4.69) is 26.8 Å². The first-order chi connectivity index (χ1) is 5.62. The highest BCUT2D eigenvalue weighted by molar-refractivity contribution is 5.20. The molecular weight excluding hydrogens is 154 g/mol. The third kappa shape index (κ3) is 11.6. The van der Waals surface area contributed by atoms with Crippen LogP contribution in [0.15, 0.2) is 0 Å². The van der Waals surface area contributed by atoms with Gasteiger partial charge in [0.1, 0.15) is 0 Å². The smallest absolute Gasteiger partial charge is 0.198 e. The summed E-state index contributed by atoms with van der Waals surface area (Å²) in [6.45, 7) is 6.37. The normalized spacial score (nSPS) is 10.6. The van der Waals surface area contributed by atoms with Gasteiger partial charge in [0, 0.05) is 5.92 Å². The molecule has 0 fully saturated rings. The van der Waals surface area contributed by atoms with Gasteiger partial charge in [0.15, 0.2) is 0 Å². The molecular formula is C9H15NO2. The highest BCUT2D eigenvalue weighted by atomic mass is 16.2.